The van der Waals surface area contributed by atoms with Gasteiger partial charge in [0.25, 0.3) is 0 Å². The Morgan fingerprint density at radius 2 is 1.75 bits per heavy atom. The number of carbonyl (C=O) groups excluding carboxylic acids is 2. The van der Waals surface area contributed by atoms with Crippen LogP contribution in [0.15, 0.2) is 24.3 Å². The van der Waals surface area contributed by atoms with Gasteiger partial charge in [0.05, 0.1) is 6.54 Å². The topological polar surface area (TPSA) is 64.7 Å². The average Bonchev–Trinajstić information content (AvgIpc) is 2.75. The third kappa shape index (κ3) is 6.25. The molecule has 7 heteroatoms. The highest BCUT2D eigenvalue weighted by Crippen LogP contribution is 2.10. The second-order valence-corrected chi connectivity index (χ2v) is 5.94. The van der Waals surface area contributed by atoms with Crippen LogP contribution in [0.25, 0.3) is 0 Å². The first-order chi connectivity index (χ1) is 11.6. The third-order valence-corrected chi connectivity index (χ3v) is 3.96. The van der Waals surface area contributed by atoms with E-state index in [2.05, 4.69) is 20.4 Å². The number of hydrogen-bond acceptors (Lipinski definition) is 4. The molecule has 0 bridgehead atoms. The number of imide groups is 1. The summed E-state index contributed by atoms with van der Waals surface area (Å²) in [5, 5.41) is 4.87. The van der Waals surface area contributed by atoms with Gasteiger partial charge in [-0.2, -0.15) is 0 Å². The van der Waals surface area contributed by atoms with Crippen LogP contribution in [0.3, 0.4) is 0 Å². The average molecular weight is 336 g/mol. The summed E-state index contributed by atoms with van der Waals surface area (Å²) in [6.45, 7) is 6.65. The van der Waals surface area contributed by atoms with Crippen LogP contribution in [0, 0.1) is 5.82 Å². The van der Waals surface area contributed by atoms with Crippen LogP contribution in [0.2, 0.25) is 0 Å². The molecule has 2 N–H and O–H groups in total. The number of amides is 3. The molecule has 1 aromatic rings. The first-order valence-corrected chi connectivity index (χ1v) is 8.33. The fraction of sp³-hybridized carbons (Fsp3) is 0.529. The molecule has 1 fully saturated rings. The van der Waals surface area contributed by atoms with Gasteiger partial charge in [0.2, 0.25) is 5.91 Å². The van der Waals surface area contributed by atoms with E-state index in [4.69, 9.17) is 0 Å². The number of urea groups is 1. The van der Waals surface area contributed by atoms with Crippen LogP contribution >= 0.6 is 0 Å². The lowest BCUT2D eigenvalue weighted by atomic mass is 10.2. The molecule has 0 unspecified atom stereocenters. The minimum absolute atomic E-state index is 0.223. The van der Waals surface area contributed by atoms with Gasteiger partial charge in [-0.25, -0.2) is 9.18 Å². The molecule has 1 aliphatic heterocycles. The van der Waals surface area contributed by atoms with E-state index >= 15 is 0 Å². The van der Waals surface area contributed by atoms with Gasteiger partial charge in [-0.05, 0) is 44.1 Å². The molecular formula is C17H25FN4O2. The lowest BCUT2D eigenvalue weighted by Gasteiger charge is -2.21. The highest BCUT2D eigenvalue weighted by molar-refractivity contribution is 5.95. The second-order valence-electron chi connectivity index (χ2n) is 5.94. The smallest absolute Gasteiger partial charge is 0.321 e. The number of rotatable bonds is 5. The van der Waals surface area contributed by atoms with Crippen LogP contribution < -0.4 is 10.6 Å². The molecule has 24 heavy (non-hydrogen) atoms. The summed E-state index contributed by atoms with van der Waals surface area (Å²) in [5.41, 5.74) is 1.08. The highest BCUT2D eigenvalue weighted by atomic mass is 19.1. The lowest BCUT2D eigenvalue weighted by Crippen LogP contribution is -2.45. The number of benzene rings is 1. The van der Waals surface area contributed by atoms with Gasteiger partial charge < -0.3 is 5.32 Å². The van der Waals surface area contributed by atoms with Gasteiger partial charge in [0.1, 0.15) is 5.82 Å². The van der Waals surface area contributed by atoms with Crippen molar-refractivity contribution in [3.8, 4) is 0 Å². The first-order valence-electron chi connectivity index (χ1n) is 8.33. The zero-order chi connectivity index (χ0) is 17.4. The summed E-state index contributed by atoms with van der Waals surface area (Å²) in [5.74, 6) is -0.508. The molecule has 1 heterocycles. The molecule has 0 aliphatic carbocycles. The van der Waals surface area contributed by atoms with E-state index in [-0.39, 0.29) is 18.3 Å². The van der Waals surface area contributed by atoms with E-state index in [1.165, 1.54) is 12.1 Å². The van der Waals surface area contributed by atoms with Gasteiger partial charge in [-0.3, -0.25) is 19.9 Å². The SMILES string of the molecule is CCNC(=O)NC(=O)CN1CCCN(Cc2ccc(F)cc2)CC1. The predicted molar refractivity (Wildman–Crippen MR) is 89.9 cm³/mol. The Bertz CT molecular complexity index is 550. The molecule has 132 valence electrons. The molecule has 1 aliphatic rings. The maximum Gasteiger partial charge on any atom is 0.321 e. The molecule has 0 radical (unpaired) electrons. The zero-order valence-corrected chi connectivity index (χ0v) is 14.1. The van der Waals surface area contributed by atoms with Crippen LogP contribution in [0.1, 0.15) is 18.9 Å². The summed E-state index contributed by atoms with van der Waals surface area (Å²) in [7, 11) is 0. The summed E-state index contributed by atoms with van der Waals surface area (Å²) >= 11 is 0. The summed E-state index contributed by atoms with van der Waals surface area (Å²) < 4.78 is 13.0. The van der Waals surface area contributed by atoms with Crippen molar-refractivity contribution in [2.24, 2.45) is 0 Å². The van der Waals surface area contributed by atoms with Gasteiger partial charge in [-0.1, -0.05) is 12.1 Å². The molecule has 1 saturated heterocycles. The normalized spacial score (nSPS) is 16.4. The van der Waals surface area contributed by atoms with Crippen molar-refractivity contribution in [2.45, 2.75) is 19.9 Å². The summed E-state index contributed by atoms with van der Waals surface area (Å²) in [6.07, 6.45) is 0.954. The van der Waals surface area contributed by atoms with E-state index in [1.54, 1.807) is 19.1 Å². The standard InChI is InChI=1S/C17H25FN4O2/c1-2-19-17(24)20-16(23)13-22-9-3-8-21(10-11-22)12-14-4-6-15(18)7-5-14/h4-7H,2-3,8-13H2,1H3,(H2,19,20,23,24). The van der Waals surface area contributed by atoms with Gasteiger partial charge >= 0.3 is 6.03 Å². The fourth-order valence-corrected chi connectivity index (χ4v) is 2.76. The Labute approximate surface area is 142 Å². The van der Waals surface area contributed by atoms with Crippen LogP contribution in [0.4, 0.5) is 9.18 Å². The van der Waals surface area contributed by atoms with Crippen LogP contribution in [0.5, 0.6) is 0 Å². The van der Waals surface area contributed by atoms with E-state index in [0.717, 1.165) is 44.7 Å². The summed E-state index contributed by atoms with van der Waals surface area (Å²) in [4.78, 5) is 27.6. The highest BCUT2D eigenvalue weighted by Gasteiger charge is 2.18. The van der Waals surface area contributed by atoms with Crippen molar-refractivity contribution in [3.63, 3.8) is 0 Å². The number of hydrogen-bond donors (Lipinski definition) is 2. The Morgan fingerprint density at radius 3 is 2.46 bits per heavy atom. The Hall–Kier alpha value is -1.99. The maximum absolute atomic E-state index is 13.0. The van der Waals surface area contributed by atoms with E-state index < -0.39 is 6.03 Å². The van der Waals surface area contributed by atoms with E-state index in [1.807, 2.05) is 0 Å². The van der Waals surface area contributed by atoms with E-state index in [9.17, 15) is 14.0 Å². The summed E-state index contributed by atoms with van der Waals surface area (Å²) in [6, 6.07) is 6.11. The minimum Gasteiger partial charge on any atom is -0.338 e. The molecule has 0 aromatic heterocycles. The van der Waals surface area contributed by atoms with Gasteiger partial charge in [0, 0.05) is 26.2 Å². The zero-order valence-electron chi connectivity index (χ0n) is 14.1. The molecule has 6 nitrogen and oxygen atoms in total. The molecular weight excluding hydrogens is 311 g/mol. The Morgan fingerprint density at radius 1 is 1.08 bits per heavy atom. The van der Waals surface area contributed by atoms with Gasteiger partial charge in [-0.15, -0.1) is 0 Å². The molecule has 0 saturated carbocycles. The maximum atomic E-state index is 13.0. The van der Waals surface area contributed by atoms with Crippen molar-refractivity contribution in [1.29, 1.82) is 0 Å². The predicted octanol–water partition coefficient (Wildman–Crippen LogP) is 1.18. The second kappa shape index (κ2) is 9.34. The Balaban J connectivity index is 1.76. The molecule has 0 spiro atoms. The van der Waals surface area contributed by atoms with Crippen molar-refractivity contribution < 1.29 is 14.0 Å². The molecule has 1 aromatic carbocycles. The molecule has 3 amide bonds. The fourth-order valence-electron chi connectivity index (χ4n) is 2.76. The van der Waals surface area contributed by atoms with Crippen molar-refractivity contribution >= 4 is 11.9 Å². The minimum atomic E-state index is -0.449. The van der Waals surface area contributed by atoms with Crippen LogP contribution in [-0.4, -0.2) is 61.0 Å². The monoisotopic (exact) mass is 336 g/mol. The largest absolute Gasteiger partial charge is 0.338 e. The van der Waals surface area contributed by atoms with Crippen LogP contribution in [-0.2, 0) is 11.3 Å². The van der Waals surface area contributed by atoms with Crippen molar-refractivity contribution in [2.75, 3.05) is 39.3 Å². The Kier molecular flexibility index (Phi) is 7.14. The third-order valence-electron chi connectivity index (χ3n) is 3.96. The number of carbonyl (C=O) groups is 2. The number of nitrogens with one attached hydrogen (secondary N) is 2. The van der Waals surface area contributed by atoms with Crippen molar-refractivity contribution in [3.05, 3.63) is 35.6 Å². The number of nitrogens with zero attached hydrogens (tertiary/aromatic N) is 2. The lowest BCUT2D eigenvalue weighted by molar-refractivity contribution is -0.121. The van der Waals surface area contributed by atoms with E-state index in [0.29, 0.717) is 6.54 Å². The number of halogens is 1. The van der Waals surface area contributed by atoms with Gasteiger partial charge in [0.15, 0.2) is 0 Å². The molecule has 2 rings (SSSR count). The van der Waals surface area contributed by atoms with Crippen molar-refractivity contribution in [1.82, 2.24) is 20.4 Å². The first kappa shape index (κ1) is 18.4. The molecule has 0 atom stereocenters. The quantitative estimate of drug-likeness (QED) is 0.847.